The van der Waals surface area contributed by atoms with Crippen molar-refractivity contribution in [2.24, 2.45) is 5.73 Å². The number of amides is 2. The third-order valence-electron chi connectivity index (χ3n) is 5.28. The summed E-state index contributed by atoms with van der Waals surface area (Å²) >= 11 is 0. The Hall–Kier alpha value is -3.54. The van der Waals surface area contributed by atoms with Crippen molar-refractivity contribution in [2.75, 3.05) is 26.9 Å². The fourth-order valence-electron chi connectivity index (χ4n) is 3.36. The van der Waals surface area contributed by atoms with Gasteiger partial charge >= 0.3 is 6.09 Å². The van der Waals surface area contributed by atoms with Gasteiger partial charge in [-0.3, -0.25) is 9.20 Å². The number of rotatable bonds is 13. The lowest BCUT2D eigenvalue weighted by Gasteiger charge is -2.24. The summed E-state index contributed by atoms with van der Waals surface area (Å²) in [6.45, 7) is 4.70. The van der Waals surface area contributed by atoms with E-state index in [1.54, 1.807) is 43.6 Å². The van der Waals surface area contributed by atoms with Crippen LogP contribution in [0.4, 0.5) is 4.79 Å². The van der Waals surface area contributed by atoms with Gasteiger partial charge in [0.25, 0.3) is 0 Å². The maximum absolute atomic E-state index is 12.8. The second kappa shape index (κ2) is 13.0. The van der Waals surface area contributed by atoms with Crippen LogP contribution in [0.15, 0.2) is 48.5 Å². The number of nitrogens with zero attached hydrogens (tertiary/aromatic N) is 3. The number of nitrogens with two attached hydrogens (primary N) is 1. The second-order valence-electron chi connectivity index (χ2n) is 8.87. The number of hydrogen-bond acceptors (Lipinski definition) is 8. The summed E-state index contributed by atoms with van der Waals surface area (Å²) in [5.41, 5.74) is 7.08. The minimum absolute atomic E-state index is 0.0214. The molecular formula is C25H34N6O5. The summed E-state index contributed by atoms with van der Waals surface area (Å²) in [4.78, 5) is 24.8. The second-order valence-corrected chi connectivity index (χ2v) is 8.87. The van der Waals surface area contributed by atoms with E-state index in [0.717, 1.165) is 5.56 Å². The van der Waals surface area contributed by atoms with Gasteiger partial charge in [0.05, 0.1) is 24.4 Å². The number of fused-ring (bicyclic) bond motifs is 1. The van der Waals surface area contributed by atoms with Crippen molar-refractivity contribution in [2.45, 2.75) is 45.1 Å². The Bertz CT molecular complexity index is 1130. The topological polar surface area (TPSA) is 142 Å². The van der Waals surface area contributed by atoms with Crippen LogP contribution in [-0.4, -0.2) is 59.0 Å². The first-order chi connectivity index (χ1) is 17.3. The Kier molecular flexibility index (Phi) is 9.74. The van der Waals surface area contributed by atoms with Crippen LogP contribution in [0.2, 0.25) is 0 Å². The molecule has 0 aliphatic heterocycles. The van der Waals surface area contributed by atoms with E-state index in [-0.39, 0.29) is 19.1 Å². The Morgan fingerprint density at radius 2 is 1.86 bits per heavy atom. The Morgan fingerprint density at radius 1 is 1.08 bits per heavy atom. The first-order valence-corrected chi connectivity index (χ1v) is 11.7. The molecule has 0 saturated carbocycles. The largest absolute Gasteiger partial charge is 0.443 e. The number of pyridine rings is 1. The number of methoxy groups -OCH3 is 1. The van der Waals surface area contributed by atoms with Crippen molar-refractivity contribution in [3.63, 3.8) is 0 Å². The van der Waals surface area contributed by atoms with E-state index in [1.807, 2.05) is 30.3 Å². The number of ether oxygens (including phenoxy) is 3. The first kappa shape index (κ1) is 27.1. The number of alkyl carbamates (subject to hydrolysis) is 1. The predicted molar refractivity (Wildman–Crippen MR) is 133 cm³/mol. The van der Waals surface area contributed by atoms with Gasteiger partial charge in [-0.2, -0.15) is 0 Å². The van der Waals surface area contributed by atoms with E-state index < -0.39 is 17.7 Å². The average Bonchev–Trinajstić information content (AvgIpc) is 3.29. The monoisotopic (exact) mass is 498 g/mol. The molecule has 2 heterocycles. The smallest absolute Gasteiger partial charge is 0.407 e. The van der Waals surface area contributed by atoms with Crippen molar-refractivity contribution in [1.29, 1.82) is 0 Å². The van der Waals surface area contributed by atoms with Gasteiger partial charge in [0.15, 0.2) is 11.5 Å². The Balaban J connectivity index is 1.78. The third-order valence-corrected chi connectivity index (χ3v) is 5.28. The lowest BCUT2D eigenvalue weighted by Crippen LogP contribution is -2.51. The molecule has 4 N–H and O–H groups in total. The molecule has 0 fully saturated rings. The highest BCUT2D eigenvalue weighted by Gasteiger charge is 2.28. The maximum atomic E-state index is 12.8. The molecule has 2 amide bonds. The molecule has 0 unspecified atom stereocenters. The maximum Gasteiger partial charge on any atom is 0.407 e. The standard InChI is InChI=1S/C25H34N6O5/c1-25(2,26)23(32)28-20(17-35-15-18-9-5-4-6-10-18)22-30-29-21-12-7-11-19(31(21)22)16-36-24(33)27-13-8-14-34-3/h4-7,9-12,20H,8,13-17,26H2,1-3H3,(H,27,33)(H,28,32)/t20-/m1/s1. The van der Waals surface area contributed by atoms with Crippen LogP contribution in [0.25, 0.3) is 5.65 Å². The highest BCUT2D eigenvalue weighted by molar-refractivity contribution is 5.85. The molecule has 36 heavy (non-hydrogen) atoms. The Labute approximate surface area is 210 Å². The van der Waals surface area contributed by atoms with Crippen LogP contribution >= 0.6 is 0 Å². The van der Waals surface area contributed by atoms with Crippen molar-refractivity contribution in [1.82, 2.24) is 25.2 Å². The van der Waals surface area contributed by atoms with Gasteiger partial charge in [0.2, 0.25) is 5.91 Å². The molecule has 2 aromatic heterocycles. The Morgan fingerprint density at radius 3 is 2.58 bits per heavy atom. The van der Waals surface area contributed by atoms with Gasteiger partial charge in [-0.1, -0.05) is 36.4 Å². The van der Waals surface area contributed by atoms with E-state index in [1.165, 1.54) is 0 Å². The highest BCUT2D eigenvalue weighted by atomic mass is 16.5. The molecule has 1 atom stereocenters. The summed E-state index contributed by atoms with van der Waals surface area (Å²) in [6.07, 6.45) is 0.136. The third kappa shape index (κ3) is 7.74. The highest BCUT2D eigenvalue weighted by Crippen LogP contribution is 2.18. The minimum Gasteiger partial charge on any atom is -0.443 e. The zero-order valence-electron chi connectivity index (χ0n) is 20.9. The lowest BCUT2D eigenvalue weighted by atomic mass is 10.1. The molecule has 0 aliphatic carbocycles. The lowest BCUT2D eigenvalue weighted by molar-refractivity contribution is -0.126. The number of hydrogen-bond donors (Lipinski definition) is 3. The molecule has 0 spiro atoms. The van der Waals surface area contributed by atoms with E-state index >= 15 is 0 Å². The average molecular weight is 499 g/mol. The van der Waals surface area contributed by atoms with Crippen LogP contribution < -0.4 is 16.4 Å². The summed E-state index contributed by atoms with van der Waals surface area (Å²) in [6, 6.07) is 14.4. The van der Waals surface area contributed by atoms with Gasteiger partial charge in [-0.15, -0.1) is 10.2 Å². The molecule has 0 saturated heterocycles. The van der Waals surface area contributed by atoms with Gasteiger partial charge in [-0.25, -0.2) is 4.79 Å². The number of aromatic nitrogens is 3. The quantitative estimate of drug-likeness (QED) is 0.304. The van der Waals surface area contributed by atoms with Gasteiger partial charge in [0.1, 0.15) is 12.6 Å². The molecule has 0 bridgehead atoms. The zero-order valence-corrected chi connectivity index (χ0v) is 20.9. The normalized spacial score (nSPS) is 12.3. The summed E-state index contributed by atoms with van der Waals surface area (Å²) in [5, 5.41) is 14.2. The molecule has 1 aromatic carbocycles. The molecule has 0 radical (unpaired) electrons. The molecule has 0 aliphatic rings. The fraction of sp³-hybridized carbons (Fsp3) is 0.440. The number of nitrogens with one attached hydrogen (secondary N) is 2. The molecule has 194 valence electrons. The van der Waals surface area contributed by atoms with Crippen LogP contribution in [0, 0.1) is 0 Å². The van der Waals surface area contributed by atoms with Crippen molar-refractivity contribution in [3.8, 4) is 0 Å². The fourth-order valence-corrected chi connectivity index (χ4v) is 3.36. The SMILES string of the molecule is COCCCNC(=O)OCc1cccc2nnc([C@@H](COCc3ccccc3)NC(=O)C(C)(C)N)n12. The van der Waals surface area contributed by atoms with Gasteiger partial charge in [0, 0.05) is 20.3 Å². The van der Waals surface area contributed by atoms with Crippen LogP contribution in [0.5, 0.6) is 0 Å². The number of benzene rings is 1. The number of carbonyl (C=O) groups is 2. The van der Waals surface area contributed by atoms with Crippen LogP contribution in [0.3, 0.4) is 0 Å². The molecule has 11 heteroatoms. The van der Waals surface area contributed by atoms with Crippen molar-refractivity contribution < 1.29 is 23.8 Å². The van der Waals surface area contributed by atoms with Crippen LogP contribution in [0.1, 0.15) is 43.4 Å². The zero-order chi connectivity index (χ0) is 26.0. The molecule has 3 rings (SSSR count). The summed E-state index contributed by atoms with van der Waals surface area (Å²) in [7, 11) is 1.60. The molecule has 11 nitrogen and oxygen atoms in total. The van der Waals surface area contributed by atoms with Crippen LogP contribution in [-0.2, 0) is 32.2 Å². The summed E-state index contributed by atoms with van der Waals surface area (Å²) in [5.74, 6) is 0.0760. The number of carbonyl (C=O) groups excluding carboxylic acids is 2. The van der Waals surface area contributed by atoms with E-state index in [0.29, 0.717) is 43.3 Å². The minimum atomic E-state index is -1.11. The first-order valence-electron chi connectivity index (χ1n) is 11.7. The van der Waals surface area contributed by atoms with Crippen molar-refractivity contribution in [3.05, 3.63) is 65.6 Å². The molecule has 3 aromatic rings. The van der Waals surface area contributed by atoms with Gasteiger partial charge < -0.3 is 30.6 Å². The summed E-state index contributed by atoms with van der Waals surface area (Å²) < 4.78 is 18.0. The predicted octanol–water partition coefficient (Wildman–Crippen LogP) is 2.10. The van der Waals surface area contributed by atoms with Crippen molar-refractivity contribution >= 4 is 17.6 Å². The van der Waals surface area contributed by atoms with E-state index in [9.17, 15) is 9.59 Å². The van der Waals surface area contributed by atoms with E-state index in [4.69, 9.17) is 19.9 Å². The van der Waals surface area contributed by atoms with Gasteiger partial charge in [-0.05, 0) is 38.0 Å². The van der Waals surface area contributed by atoms with E-state index in [2.05, 4.69) is 20.8 Å². The molecular weight excluding hydrogens is 464 g/mol.